The molecule has 3 aliphatic rings. The molecule has 23 heavy (non-hydrogen) atoms. The van der Waals surface area contributed by atoms with Crippen molar-refractivity contribution in [3.05, 3.63) is 34.4 Å². The number of carbonyl (C=O) groups excluding carboxylic acids is 3. The molecule has 0 aromatic heterocycles. The van der Waals surface area contributed by atoms with E-state index < -0.39 is 11.3 Å². The maximum Gasteiger partial charge on any atom is 0.254 e. The predicted octanol–water partition coefficient (Wildman–Crippen LogP) is -0.410. The van der Waals surface area contributed by atoms with Crippen LogP contribution in [-0.4, -0.2) is 42.5 Å². The Morgan fingerprint density at radius 1 is 1.09 bits per heavy atom. The third-order valence-electron chi connectivity index (χ3n) is 4.98. The van der Waals surface area contributed by atoms with Gasteiger partial charge in [-0.1, -0.05) is 6.07 Å². The maximum atomic E-state index is 12.8. The van der Waals surface area contributed by atoms with Crippen LogP contribution in [0.2, 0.25) is 0 Å². The molecule has 3 heterocycles. The van der Waals surface area contributed by atoms with E-state index in [1.807, 2.05) is 12.1 Å². The smallest absolute Gasteiger partial charge is 0.254 e. The largest absolute Gasteiger partial charge is 0.328 e. The second-order valence-electron chi connectivity index (χ2n) is 6.40. The number of carbonyl (C=O) groups is 3. The van der Waals surface area contributed by atoms with Crippen molar-refractivity contribution in [2.75, 3.05) is 6.54 Å². The quantitative estimate of drug-likeness (QED) is 0.546. The molecule has 0 aliphatic carbocycles. The molecule has 3 aliphatic heterocycles. The minimum absolute atomic E-state index is 0.142. The summed E-state index contributed by atoms with van der Waals surface area (Å²) in [6.45, 7) is 1.99. The van der Waals surface area contributed by atoms with E-state index in [9.17, 15) is 14.4 Å². The second kappa shape index (κ2) is 4.93. The lowest BCUT2D eigenvalue weighted by Crippen LogP contribution is -2.63. The summed E-state index contributed by atoms with van der Waals surface area (Å²) >= 11 is 0. The van der Waals surface area contributed by atoms with Gasteiger partial charge in [-0.2, -0.15) is 0 Å². The Balaban J connectivity index is 1.69. The van der Waals surface area contributed by atoms with Gasteiger partial charge in [-0.3, -0.25) is 19.7 Å². The van der Waals surface area contributed by atoms with Gasteiger partial charge >= 0.3 is 0 Å². The van der Waals surface area contributed by atoms with Crippen LogP contribution in [0.15, 0.2) is 12.1 Å². The first-order valence-electron chi connectivity index (χ1n) is 7.79. The van der Waals surface area contributed by atoms with Crippen LogP contribution in [0.1, 0.15) is 39.9 Å². The Morgan fingerprint density at radius 2 is 1.91 bits per heavy atom. The van der Waals surface area contributed by atoms with Gasteiger partial charge < -0.3 is 10.2 Å². The van der Waals surface area contributed by atoms with Crippen LogP contribution in [0.4, 0.5) is 0 Å². The van der Waals surface area contributed by atoms with Crippen LogP contribution >= 0.6 is 0 Å². The van der Waals surface area contributed by atoms with Crippen molar-refractivity contribution in [1.29, 1.82) is 0 Å². The van der Waals surface area contributed by atoms with Crippen molar-refractivity contribution in [3.8, 4) is 0 Å². The van der Waals surface area contributed by atoms with E-state index >= 15 is 0 Å². The van der Waals surface area contributed by atoms with Crippen molar-refractivity contribution in [2.24, 2.45) is 0 Å². The molecule has 1 saturated heterocycles. The first-order chi connectivity index (χ1) is 11.0. The molecule has 0 saturated carbocycles. The Kier molecular flexibility index (Phi) is 3.09. The van der Waals surface area contributed by atoms with Crippen LogP contribution in [0, 0.1) is 0 Å². The minimum Gasteiger partial charge on any atom is -0.328 e. The second-order valence-corrected chi connectivity index (χ2v) is 6.40. The number of benzene rings is 1. The van der Waals surface area contributed by atoms with Crippen molar-refractivity contribution < 1.29 is 14.4 Å². The molecule has 1 atom stereocenters. The van der Waals surface area contributed by atoms with Gasteiger partial charge in [-0.25, -0.2) is 0 Å². The van der Waals surface area contributed by atoms with Crippen molar-refractivity contribution in [1.82, 2.24) is 15.5 Å². The molecule has 4 rings (SSSR count). The normalized spacial score (nSPS) is 26.8. The van der Waals surface area contributed by atoms with E-state index in [0.29, 0.717) is 12.1 Å². The predicted molar refractivity (Wildman–Crippen MR) is 82.6 cm³/mol. The van der Waals surface area contributed by atoms with Gasteiger partial charge in [-0.15, -0.1) is 0 Å². The zero-order chi connectivity index (χ0) is 16.2. The van der Waals surface area contributed by atoms with Gasteiger partial charge in [-0.05, 0) is 42.1 Å². The molecule has 3 amide bonds. The molecule has 6 nitrogen and oxygen atoms in total. The van der Waals surface area contributed by atoms with E-state index in [1.165, 1.54) is 16.0 Å². The highest BCUT2D eigenvalue weighted by Gasteiger charge is 2.47. The lowest BCUT2D eigenvalue weighted by Gasteiger charge is -2.40. The molecule has 1 fully saturated rings. The highest BCUT2D eigenvalue weighted by atomic mass is 16.2. The van der Waals surface area contributed by atoms with Gasteiger partial charge in [0.1, 0.15) is 7.85 Å². The number of nitrogens with one attached hydrogen (secondary N) is 2. The summed E-state index contributed by atoms with van der Waals surface area (Å²) in [6.07, 6.45) is 1.18. The Bertz CT molecular complexity index is 748. The summed E-state index contributed by atoms with van der Waals surface area (Å²) in [5, 5.41) is 5.55. The summed E-state index contributed by atoms with van der Waals surface area (Å²) in [5.74, 6) is -1.17. The van der Waals surface area contributed by atoms with Crippen LogP contribution in [-0.2, 0) is 29.1 Å². The van der Waals surface area contributed by atoms with Crippen LogP contribution in [0.25, 0.3) is 0 Å². The van der Waals surface area contributed by atoms with Gasteiger partial charge in [0.25, 0.3) is 5.91 Å². The van der Waals surface area contributed by atoms with Crippen LogP contribution < -0.4 is 10.6 Å². The summed E-state index contributed by atoms with van der Waals surface area (Å²) in [6, 6.07) is 3.97. The lowest BCUT2D eigenvalue weighted by atomic mass is 9.70. The number of amides is 3. The monoisotopic (exact) mass is 309 g/mol. The number of piperidine rings is 1. The summed E-state index contributed by atoms with van der Waals surface area (Å²) < 4.78 is 0. The van der Waals surface area contributed by atoms with Crippen LogP contribution in [0.3, 0.4) is 0 Å². The standard InChI is InChI=1S/C16H16BN3O3/c17-16(3-1-13(21)19-15(16)23)20-8-11-5-10-7-18-4-2-9(10)6-12(11)14(20)22/h5-6,18H,1-4,7-8H2,(H,19,21,23). The van der Waals surface area contributed by atoms with E-state index in [4.69, 9.17) is 7.85 Å². The molecule has 116 valence electrons. The molecule has 2 N–H and O–H groups in total. The Hall–Kier alpha value is -2.15. The SMILES string of the molecule is [B]C1(N2Cc3cc4c(cc3C2=O)CCNC4)CCC(=O)NC1=O. The number of rotatable bonds is 1. The molecule has 0 bridgehead atoms. The first-order valence-corrected chi connectivity index (χ1v) is 7.79. The fourth-order valence-electron chi connectivity index (χ4n) is 3.60. The third kappa shape index (κ3) is 2.10. The number of fused-ring (bicyclic) bond motifs is 2. The average molecular weight is 309 g/mol. The van der Waals surface area contributed by atoms with Crippen LogP contribution in [0.5, 0.6) is 0 Å². The highest BCUT2D eigenvalue weighted by Crippen LogP contribution is 2.34. The van der Waals surface area contributed by atoms with Crippen molar-refractivity contribution in [3.63, 3.8) is 0 Å². The van der Waals surface area contributed by atoms with Gasteiger partial charge in [0.05, 0.1) is 5.44 Å². The lowest BCUT2D eigenvalue weighted by molar-refractivity contribution is -0.138. The topological polar surface area (TPSA) is 78.5 Å². The number of nitrogens with zero attached hydrogens (tertiary/aromatic N) is 1. The fraction of sp³-hybridized carbons (Fsp3) is 0.438. The molecule has 1 aromatic rings. The molecule has 7 heteroatoms. The van der Waals surface area contributed by atoms with Crippen molar-refractivity contribution >= 4 is 25.6 Å². The van der Waals surface area contributed by atoms with Gasteiger partial charge in [0.2, 0.25) is 11.8 Å². The van der Waals surface area contributed by atoms with Gasteiger partial charge in [0.15, 0.2) is 0 Å². The molecule has 1 unspecified atom stereocenters. The van der Waals surface area contributed by atoms with E-state index in [-0.39, 0.29) is 24.7 Å². The Morgan fingerprint density at radius 3 is 2.70 bits per heavy atom. The maximum absolute atomic E-state index is 12.8. The first kappa shape index (κ1) is 14.4. The molecular weight excluding hydrogens is 293 g/mol. The summed E-state index contributed by atoms with van der Waals surface area (Å²) in [4.78, 5) is 37.7. The molecule has 2 radical (unpaired) electrons. The average Bonchev–Trinajstić information content (AvgIpc) is 2.86. The number of imide groups is 1. The summed E-state index contributed by atoms with van der Waals surface area (Å²) in [5.41, 5.74) is 2.43. The zero-order valence-electron chi connectivity index (χ0n) is 12.6. The van der Waals surface area contributed by atoms with E-state index in [0.717, 1.165) is 25.1 Å². The zero-order valence-corrected chi connectivity index (χ0v) is 12.6. The minimum atomic E-state index is -1.46. The Labute approximate surface area is 135 Å². The highest BCUT2D eigenvalue weighted by molar-refractivity contribution is 6.32. The number of hydrogen-bond acceptors (Lipinski definition) is 4. The fourth-order valence-corrected chi connectivity index (χ4v) is 3.60. The van der Waals surface area contributed by atoms with Crippen molar-refractivity contribution in [2.45, 2.75) is 37.8 Å². The van der Waals surface area contributed by atoms with E-state index in [2.05, 4.69) is 10.6 Å². The third-order valence-corrected chi connectivity index (χ3v) is 4.98. The van der Waals surface area contributed by atoms with E-state index in [1.54, 1.807) is 0 Å². The van der Waals surface area contributed by atoms with Gasteiger partial charge in [0, 0.05) is 25.1 Å². The molecule has 0 spiro atoms. The summed E-state index contributed by atoms with van der Waals surface area (Å²) in [7, 11) is 6.22. The number of hydrogen-bond donors (Lipinski definition) is 2. The molecular formula is C16H16BN3O3. The molecule has 1 aromatic carbocycles.